The summed E-state index contributed by atoms with van der Waals surface area (Å²) in [5.41, 5.74) is 0.595. The van der Waals surface area contributed by atoms with Crippen molar-refractivity contribution in [1.29, 1.82) is 0 Å². The summed E-state index contributed by atoms with van der Waals surface area (Å²) in [6.07, 6.45) is -4.34. The molecular formula is C20H18F6N2OS. The fourth-order valence-electron chi connectivity index (χ4n) is 3.16. The molecule has 0 aromatic heterocycles. The van der Waals surface area contributed by atoms with Gasteiger partial charge in [0.2, 0.25) is 0 Å². The molecule has 1 aliphatic heterocycles. The Bertz CT molecular complexity index is 942. The molecule has 10 heteroatoms. The highest BCUT2D eigenvalue weighted by Gasteiger charge is 2.29. The zero-order valence-corrected chi connectivity index (χ0v) is 16.7. The van der Waals surface area contributed by atoms with Gasteiger partial charge in [-0.1, -0.05) is 0 Å². The van der Waals surface area contributed by atoms with Gasteiger partial charge in [0.15, 0.2) is 11.6 Å². The van der Waals surface area contributed by atoms with Gasteiger partial charge >= 0.3 is 6.18 Å². The molecular weight excluding hydrogens is 430 g/mol. The average molecular weight is 448 g/mol. The first kappa shape index (κ1) is 22.3. The number of aryl methyl sites for hydroxylation is 1. The van der Waals surface area contributed by atoms with Crippen LogP contribution in [-0.2, 0) is 0 Å². The van der Waals surface area contributed by atoms with Crippen molar-refractivity contribution in [3.05, 3.63) is 58.9 Å². The van der Waals surface area contributed by atoms with Crippen molar-refractivity contribution in [2.24, 2.45) is 0 Å². The smallest absolute Gasteiger partial charge is 0.366 e. The highest BCUT2D eigenvalue weighted by atomic mass is 32.2. The molecule has 1 aliphatic rings. The van der Waals surface area contributed by atoms with Crippen LogP contribution >= 0.6 is 11.8 Å². The summed E-state index contributed by atoms with van der Waals surface area (Å²) in [4.78, 5) is 15.9. The summed E-state index contributed by atoms with van der Waals surface area (Å²) in [5.74, 6) is -4.27. The molecule has 0 unspecified atom stereocenters. The van der Waals surface area contributed by atoms with E-state index >= 15 is 0 Å². The first-order valence-corrected chi connectivity index (χ1v) is 10.0. The van der Waals surface area contributed by atoms with Gasteiger partial charge in [0, 0.05) is 36.6 Å². The van der Waals surface area contributed by atoms with Gasteiger partial charge in [-0.05, 0) is 42.8 Å². The number of benzene rings is 2. The van der Waals surface area contributed by atoms with Gasteiger partial charge in [0.1, 0.15) is 5.82 Å². The van der Waals surface area contributed by atoms with Gasteiger partial charge in [-0.3, -0.25) is 4.79 Å². The summed E-state index contributed by atoms with van der Waals surface area (Å²) in [7, 11) is 0. The van der Waals surface area contributed by atoms with Crippen molar-refractivity contribution in [1.82, 2.24) is 4.90 Å². The maximum absolute atomic E-state index is 14.5. The molecule has 3 rings (SSSR count). The summed E-state index contributed by atoms with van der Waals surface area (Å²) in [6, 6.07) is 5.49. The van der Waals surface area contributed by atoms with E-state index in [9.17, 15) is 31.1 Å². The van der Waals surface area contributed by atoms with Gasteiger partial charge in [0.05, 0.1) is 11.4 Å². The molecule has 0 radical (unpaired) electrons. The van der Waals surface area contributed by atoms with Crippen molar-refractivity contribution >= 4 is 23.4 Å². The van der Waals surface area contributed by atoms with Crippen molar-refractivity contribution in [2.75, 3.05) is 36.8 Å². The van der Waals surface area contributed by atoms with Crippen LogP contribution in [-0.4, -0.2) is 48.9 Å². The number of amides is 1. The van der Waals surface area contributed by atoms with E-state index in [1.807, 2.05) is 0 Å². The van der Waals surface area contributed by atoms with Crippen molar-refractivity contribution in [3.8, 4) is 0 Å². The third-order valence-electron chi connectivity index (χ3n) is 4.71. The normalized spacial score (nSPS) is 14.9. The standard InChI is InChI=1S/C20H18F6N2OS/c1-12-8-16(23)17(10-18(12)30-11-20(24,25)26)27-4-6-28(7-5-27)19(29)13-2-3-14(21)15(22)9-13/h2-3,8-10H,4-7,11H2,1H3. The molecule has 1 heterocycles. The molecule has 1 saturated heterocycles. The molecule has 162 valence electrons. The van der Waals surface area contributed by atoms with E-state index in [-0.39, 0.29) is 37.4 Å². The van der Waals surface area contributed by atoms with Crippen LogP contribution in [0.3, 0.4) is 0 Å². The van der Waals surface area contributed by atoms with Crippen LogP contribution in [0.5, 0.6) is 0 Å². The number of halogens is 6. The lowest BCUT2D eigenvalue weighted by molar-refractivity contribution is -0.105. The molecule has 0 N–H and O–H groups in total. The van der Waals surface area contributed by atoms with E-state index in [1.54, 1.807) is 11.8 Å². The zero-order valence-electron chi connectivity index (χ0n) is 15.9. The van der Waals surface area contributed by atoms with Crippen molar-refractivity contribution < 1.29 is 31.1 Å². The van der Waals surface area contributed by atoms with Gasteiger partial charge in [-0.2, -0.15) is 13.2 Å². The molecule has 1 fully saturated rings. The summed E-state index contributed by atoms with van der Waals surface area (Å²) in [6.45, 7) is 2.45. The number of piperazine rings is 1. The minimum Gasteiger partial charge on any atom is -0.366 e. The van der Waals surface area contributed by atoms with Crippen LogP contribution < -0.4 is 4.90 Å². The minimum atomic E-state index is -4.34. The van der Waals surface area contributed by atoms with Gasteiger partial charge in [-0.15, -0.1) is 11.8 Å². The quantitative estimate of drug-likeness (QED) is 0.484. The zero-order chi connectivity index (χ0) is 22.1. The van der Waals surface area contributed by atoms with Crippen LogP contribution in [0.4, 0.5) is 32.0 Å². The lowest BCUT2D eigenvalue weighted by atomic mass is 10.1. The van der Waals surface area contributed by atoms with Crippen LogP contribution in [0, 0.1) is 24.4 Å². The SMILES string of the molecule is Cc1cc(F)c(N2CCN(C(=O)c3ccc(F)c(F)c3)CC2)cc1SCC(F)(F)F. The minimum absolute atomic E-state index is 0.00898. The molecule has 2 aromatic rings. The monoisotopic (exact) mass is 448 g/mol. The molecule has 30 heavy (non-hydrogen) atoms. The Morgan fingerprint density at radius 1 is 0.967 bits per heavy atom. The second-order valence-corrected chi connectivity index (χ2v) is 7.90. The number of rotatable bonds is 4. The Balaban J connectivity index is 1.69. The number of nitrogens with zero attached hydrogens (tertiary/aromatic N) is 2. The summed E-state index contributed by atoms with van der Waals surface area (Å²) < 4.78 is 78.5. The highest BCUT2D eigenvalue weighted by molar-refractivity contribution is 7.99. The number of carbonyl (C=O) groups excluding carboxylic acids is 1. The molecule has 2 aromatic carbocycles. The Morgan fingerprint density at radius 3 is 2.23 bits per heavy atom. The average Bonchev–Trinajstić information content (AvgIpc) is 2.68. The Labute approximate surface area is 173 Å². The number of hydrogen-bond acceptors (Lipinski definition) is 3. The van der Waals surface area contributed by atoms with Crippen LogP contribution in [0.15, 0.2) is 35.2 Å². The summed E-state index contributed by atoms with van der Waals surface area (Å²) in [5, 5.41) is 0. The Hall–Kier alpha value is -2.36. The molecule has 0 aliphatic carbocycles. The molecule has 1 amide bonds. The third kappa shape index (κ3) is 5.21. The molecule has 0 saturated carbocycles. The second-order valence-electron chi connectivity index (χ2n) is 6.88. The maximum Gasteiger partial charge on any atom is 0.398 e. The predicted octanol–water partition coefficient (Wildman–Crippen LogP) is 5.03. The molecule has 0 atom stereocenters. The largest absolute Gasteiger partial charge is 0.398 e. The first-order chi connectivity index (χ1) is 14.0. The number of anilines is 1. The lowest BCUT2D eigenvalue weighted by Crippen LogP contribution is -2.49. The van der Waals surface area contributed by atoms with Gasteiger partial charge in [-0.25, -0.2) is 13.2 Å². The van der Waals surface area contributed by atoms with E-state index in [0.29, 0.717) is 22.2 Å². The number of alkyl halides is 3. The first-order valence-electron chi connectivity index (χ1n) is 9.04. The molecule has 3 nitrogen and oxygen atoms in total. The van der Waals surface area contributed by atoms with Gasteiger partial charge in [0.25, 0.3) is 5.91 Å². The fraction of sp³-hybridized carbons (Fsp3) is 0.350. The fourth-order valence-corrected chi connectivity index (χ4v) is 3.96. The number of thioether (sulfide) groups is 1. The maximum atomic E-state index is 14.5. The van der Waals surface area contributed by atoms with Crippen LogP contribution in [0.25, 0.3) is 0 Å². The van der Waals surface area contributed by atoms with E-state index in [2.05, 4.69) is 0 Å². The Morgan fingerprint density at radius 2 is 1.63 bits per heavy atom. The Kier molecular flexibility index (Phi) is 6.54. The second kappa shape index (κ2) is 8.79. The van der Waals surface area contributed by atoms with E-state index in [4.69, 9.17) is 0 Å². The molecule has 0 spiro atoms. The van der Waals surface area contributed by atoms with Crippen molar-refractivity contribution in [2.45, 2.75) is 18.0 Å². The molecule has 0 bridgehead atoms. The van der Waals surface area contributed by atoms with Crippen LogP contribution in [0.2, 0.25) is 0 Å². The van der Waals surface area contributed by atoms with Crippen LogP contribution in [0.1, 0.15) is 15.9 Å². The predicted molar refractivity (Wildman–Crippen MR) is 102 cm³/mol. The van der Waals surface area contributed by atoms with Gasteiger partial charge < -0.3 is 9.80 Å². The lowest BCUT2D eigenvalue weighted by Gasteiger charge is -2.36. The van der Waals surface area contributed by atoms with E-state index in [1.165, 1.54) is 23.1 Å². The van der Waals surface area contributed by atoms with E-state index < -0.39 is 35.3 Å². The topological polar surface area (TPSA) is 23.6 Å². The third-order valence-corrected chi connectivity index (χ3v) is 5.93. The number of carbonyl (C=O) groups is 1. The number of hydrogen-bond donors (Lipinski definition) is 0. The van der Waals surface area contributed by atoms with E-state index in [0.717, 1.165) is 12.1 Å². The van der Waals surface area contributed by atoms with Crippen molar-refractivity contribution in [3.63, 3.8) is 0 Å². The highest BCUT2D eigenvalue weighted by Crippen LogP contribution is 2.34. The summed E-state index contributed by atoms with van der Waals surface area (Å²) >= 11 is 0.597.